The summed E-state index contributed by atoms with van der Waals surface area (Å²) in [5.74, 6) is 0.0563. The van der Waals surface area contributed by atoms with Crippen molar-refractivity contribution in [2.75, 3.05) is 13.7 Å². The Balaban J connectivity index is 2.66. The molecule has 1 heterocycles. The Bertz CT molecular complexity index is 282. The Morgan fingerprint density at radius 1 is 1.71 bits per heavy atom. The number of rotatable bonds is 4. The molecule has 0 bridgehead atoms. The number of carbonyl (C=O) groups excluding carboxylic acids is 1. The maximum Gasteiger partial charge on any atom is 0.299 e. The number of hydroxylamine groups is 2. The van der Waals surface area contributed by atoms with Crippen molar-refractivity contribution in [2.24, 2.45) is 5.92 Å². The summed E-state index contributed by atoms with van der Waals surface area (Å²) in [6, 6.07) is 1.51. The second-order valence-corrected chi connectivity index (χ2v) is 3.33. The maximum atomic E-state index is 11.7. The summed E-state index contributed by atoms with van der Waals surface area (Å²) >= 11 is 0. The molecule has 0 spiro atoms. The lowest BCUT2D eigenvalue weighted by molar-refractivity contribution is -0.101. The SMILES string of the molecule is CON(CC(C)C)C(=O)c1ccon1. The fourth-order valence-electron chi connectivity index (χ4n) is 1.02. The van der Waals surface area contributed by atoms with Crippen LogP contribution in [-0.2, 0) is 4.84 Å². The Hall–Kier alpha value is -1.36. The summed E-state index contributed by atoms with van der Waals surface area (Å²) in [4.78, 5) is 16.6. The quantitative estimate of drug-likeness (QED) is 0.685. The number of hydrogen-bond donors (Lipinski definition) is 0. The second kappa shape index (κ2) is 4.76. The molecule has 0 unspecified atom stereocenters. The standard InChI is InChI=1S/C9H14N2O3/c1-7(2)6-11(13-3)9(12)8-4-5-14-10-8/h4-5,7H,6H2,1-3H3. The van der Waals surface area contributed by atoms with Gasteiger partial charge in [0.05, 0.1) is 13.7 Å². The molecule has 0 aliphatic carbocycles. The normalized spacial score (nSPS) is 10.6. The topological polar surface area (TPSA) is 55.6 Å². The lowest BCUT2D eigenvalue weighted by Crippen LogP contribution is -2.33. The molecule has 5 nitrogen and oxygen atoms in total. The van der Waals surface area contributed by atoms with Crippen molar-refractivity contribution < 1.29 is 14.2 Å². The molecule has 1 aromatic heterocycles. The minimum atomic E-state index is -0.282. The molecule has 78 valence electrons. The van der Waals surface area contributed by atoms with E-state index in [2.05, 4.69) is 9.68 Å². The van der Waals surface area contributed by atoms with E-state index >= 15 is 0 Å². The van der Waals surface area contributed by atoms with Crippen LogP contribution in [-0.4, -0.2) is 29.8 Å². The van der Waals surface area contributed by atoms with E-state index in [0.717, 1.165) is 0 Å². The summed E-state index contributed by atoms with van der Waals surface area (Å²) in [6.45, 7) is 4.53. The molecular formula is C9H14N2O3. The van der Waals surface area contributed by atoms with Crippen molar-refractivity contribution in [1.29, 1.82) is 0 Å². The Morgan fingerprint density at radius 3 is 2.86 bits per heavy atom. The highest BCUT2D eigenvalue weighted by Gasteiger charge is 2.18. The zero-order chi connectivity index (χ0) is 10.6. The van der Waals surface area contributed by atoms with Gasteiger partial charge in [-0.2, -0.15) is 0 Å². The predicted molar refractivity (Wildman–Crippen MR) is 49.4 cm³/mol. The fourth-order valence-corrected chi connectivity index (χ4v) is 1.02. The molecular weight excluding hydrogens is 184 g/mol. The van der Waals surface area contributed by atoms with E-state index in [1.165, 1.54) is 24.5 Å². The summed E-state index contributed by atoms with van der Waals surface area (Å²) in [5, 5.41) is 4.81. The smallest absolute Gasteiger partial charge is 0.299 e. The molecule has 1 rings (SSSR count). The van der Waals surface area contributed by atoms with Crippen molar-refractivity contribution in [3.63, 3.8) is 0 Å². The first-order valence-corrected chi connectivity index (χ1v) is 4.41. The summed E-state index contributed by atoms with van der Waals surface area (Å²) in [6.07, 6.45) is 1.36. The van der Waals surface area contributed by atoms with Crippen LogP contribution in [0.25, 0.3) is 0 Å². The first-order chi connectivity index (χ1) is 6.65. The number of amides is 1. The van der Waals surface area contributed by atoms with Crippen LogP contribution in [0.15, 0.2) is 16.9 Å². The van der Waals surface area contributed by atoms with E-state index in [1.54, 1.807) is 0 Å². The second-order valence-electron chi connectivity index (χ2n) is 3.33. The third kappa shape index (κ3) is 2.56. The molecule has 0 N–H and O–H groups in total. The lowest BCUT2D eigenvalue weighted by Gasteiger charge is -2.20. The van der Waals surface area contributed by atoms with Crippen LogP contribution in [0.4, 0.5) is 0 Å². The zero-order valence-electron chi connectivity index (χ0n) is 8.56. The minimum Gasteiger partial charge on any atom is -0.364 e. The predicted octanol–water partition coefficient (Wildman–Crippen LogP) is 1.33. The van der Waals surface area contributed by atoms with Crippen LogP contribution in [0, 0.1) is 5.92 Å². The molecule has 1 aromatic rings. The molecule has 0 aliphatic heterocycles. The molecule has 0 atom stereocenters. The molecule has 0 radical (unpaired) electrons. The largest absolute Gasteiger partial charge is 0.364 e. The van der Waals surface area contributed by atoms with Gasteiger partial charge in [-0.05, 0) is 5.92 Å². The molecule has 1 amide bonds. The van der Waals surface area contributed by atoms with Crippen LogP contribution in [0.5, 0.6) is 0 Å². The molecule has 0 saturated heterocycles. The third-order valence-electron chi connectivity index (χ3n) is 1.63. The van der Waals surface area contributed by atoms with Gasteiger partial charge in [-0.1, -0.05) is 19.0 Å². The first-order valence-electron chi connectivity index (χ1n) is 4.41. The average Bonchev–Trinajstić information content (AvgIpc) is 2.65. The molecule has 5 heteroatoms. The minimum absolute atomic E-state index is 0.257. The molecule has 0 fully saturated rings. The lowest BCUT2D eigenvalue weighted by atomic mass is 10.2. The van der Waals surface area contributed by atoms with Crippen LogP contribution < -0.4 is 0 Å². The Labute approximate surface area is 82.6 Å². The monoisotopic (exact) mass is 198 g/mol. The van der Waals surface area contributed by atoms with E-state index in [0.29, 0.717) is 12.5 Å². The molecule has 0 saturated carbocycles. The highest BCUT2D eigenvalue weighted by Crippen LogP contribution is 2.05. The van der Waals surface area contributed by atoms with Gasteiger partial charge in [0.1, 0.15) is 6.26 Å². The van der Waals surface area contributed by atoms with Gasteiger partial charge in [0.15, 0.2) is 5.69 Å². The fraction of sp³-hybridized carbons (Fsp3) is 0.556. The van der Waals surface area contributed by atoms with Crippen molar-refractivity contribution >= 4 is 5.91 Å². The van der Waals surface area contributed by atoms with Gasteiger partial charge in [0.2, 0.25) is 0 Å². The maximum absolute atomic E-state index is 11.7. The van der Waals surface area contributed by atoms with Gasteiger partial charge >= 0.3 is 0 Å². The first kappa shape index (κ1) is 10.7. The van der Waals surface area contributed by atoms with Crippen LogP contribution >= 0.6 is 0 Å². The number of nitrogens with zero attached hydrogens (tertiary/aromatic N) is 2. The van der Waals surface area contributed by atoms with Crippen LogP contribution in [0.1, 0.15) is 24.3 Å². The molecule has 0 aromatic carbocycles. The number of aromatic nitrogens is 1. The van der Waals surface area contributed by atoms with Gasteiger partial charge in [0.25, 0.3) is 5.91 Å². The van der Waals surface area contributed by atoms with Gasteiger partial charge in [0, 0.05) is 6.07 Å². The van der Waals surface area contributed by atoms with Crippen LogP contribution in [0.2, 0.25) is 0 Å². The Kier molecular flexibility index (Phi) is 3.64. The zero-order valence-corrected chi connectivity index (χ0v) is 8.56. The summed E-state index contributed by atoms with van der Waals surface area (Å²) in [5.41, 5.74) is 0.257. The van der Waals surface area contributed by atoms with Gasteiger partial charge in [-0.3, -0.25) is 9.63 Å². The van der Waals surface area contributed by atoms with E-state index in [-0.39, 0.29) is 11.6 Å². The van der Waals surface area contributed by atoms with E-state index in [9.17, 15) is 4.79 Å². The summed E-state index contributed by atoms with van der Waals surface area (Å²) < 4.78 is 4.58. The van der Waals surface area contributed by atoms with Crippen molar-refractivity contribution in [3.8, 4) is 0 Å². The average molecular weight is 198 g/mol. The number of carbonyl (C=O) groups is 1. The highest BCUT2D eigenvalue weighted by molar-refractivity contribution is 5.91. The van der Waals surface area contributed by atoms with Crippen molar-refractivity contribution in [1.82, 2.24) is 10.2 Å². The molecule has 0 aliphatic rings. The van der Waals surface area contributed by atoms with Crippen LogP contribution in [0.3, 0.4) is 0 Å². The highest BCUT2D eigenvalue weighted by atomic mass is 16.7. The molecule has 14 heavy (non-hydrogen) atoms. The van der Waals surface area contributed by atoms with E-state index in [1.807, 2.05) is 13.8 Å². The van der Waals surface area contributed by atoms with Gasteiger partial charge < -0.3 is 4.52 Å². The van der Waals surface area contributed by atoms with Gasteiger partial charge in [-0.25, -0.2) is 5.06 Å². The summed E-state index contributed by atoms with van der Waals surface area (Å²) in [7, 11) is 1.46. The van der Waals surface area contributed by atoms with E-state index in [4.69, 9.17) is 4.84 Å². The van der Waals surface area contributed by atoms with Crippen molar-refractivity contribution in [3.05, 3.63) is 18.0 Å². The third-order valence-corrected chi connectivity index (χ3v) is 1.63. The number of hydrogen-bond acceptors (Lipinski definition) is 4. The van der Waals surface area contributed by atoms with Gasteiger partial charge in [-0.15, -0.1) is 0 Å². The Morgan fingerprint density at radius 2 is 2.43 bits per heavy atom. The van der Waals surface area contributed by atoms with Crippen molar-refractivity contribution in [2.45, 2.75) is 13.8 Å². The van der Waals surface area contributed by atoms with E-state index < -0.39 is 0 Å².